The number of hydrogen-bond donors (Lipinski definition) is 0. The van der Waals surface area contributed by atoms with E-state index in [0.717, 1.165) is 0 Å². The Morgan fingerprint density at radius 2 is 1.32 bits per heavy atom. The fourth-order valence-corrected chi connectivity index (χ4v) is 2.53. The third kappa shape index (κ3) is 4.96. The zero-order valence-corrected chi connectivity index (χ0v) is 15.7. The highest BCUT2D eigenvalue weighted by molar-refractivity contribution is 6.30. The smallest absolute Gasteiger partial charge is 0.352 e. The lowest BCUT2D eigenvalue weighted by molar-refractivity contribution is -0.141. The van der Waals surface area contributed by atoms with Gasteiger partial charge >= 0.3 is 5.97 Å². The van der Waals surface area contributed by atoms with E-state index >= 15 is 0 Å². The molecule has 0 aliphatic carbocycles. The molecule has 0 aliphatic heterocycles. The molecule has 6 heteroatoms. The molecule has 0 aliphatic rings. The van der Waals surface area contributed by atoms with Crippen molar-refractivity contribution in [1.29, 1.82) is 0 Å². The highest BCUT2D eigenvalue weighted by atomic mass is 35.5. The van der Waals surface area contributed by atoms with Crippen molar-refractivity contribution < 1.29 is 23.5 Å². The van der Waals surface area contributed by atoms with Crippen LogP contribution in [0, 0.1) is 5.82 Å². The van der Waals surface area contributed by atoms with Gasteiger partial charge in [0, 0.05) is 16.1 Å². The predicted octanol–water partition coefficient (Wildman–Crippen LogP) is 5.08. The van der Waals surface area contributed by atoms with Crippen LogP contribution in [-0.2, 0) is 4.79 Å². The summed E-state index contributed by atoms with van der Waals surface area (Å²) in [6, 6.07) is 18.0. The monoisotopic (exact) mass is 398 g/mol. The quantitative estimate of drug-likeness (QED) is 0.330. The maximum absolute atomic E-state index is 13.0. The maximum Gasteiger partial charge on any atom is 0.352 e. The molecule has 0 aromatic heterocycles. The van der Waals surface area contributed by atoms with E-state index in [0.29, 0.717) is 21.9 Å². The van der Waals surface area contributed by atoms with E-state index in [1.54, 1.807) is 43.3 Å². The van der Waals surface area contributed by atoms with Crippen molar-refractivity contribution in [3.8, 4) is 11.5 Å². The van der Waals surface area contributed by atoms with E-state index in [4.69, 9.17) is 21.1 Å². The van der Waals surface area contributed by atoms with Crippen LogP contribution in [-0.4, -0.2) is 17.9 Å². The molecular formula is C22H16ClFO4. The molecule has 3 rings (SSSR count). The van der Waals surface area contributed by atoms with Gasteiger partial charge in [-0.05, 0) is 79.7 Å². The van der Waals surface area contributed by atoms with Crippen LogP contribution >= 0.6 is 11.6 Å². The van der Waals surface area contributed by atoms with Crippen molar-refractivity contribution in [3.05, 3.63) is 94.8 Å². The minimum absolute atomic E-state index is 0.252. The first kappa shape index (κ1) is 19.6. The van der Waals surface area contributed by atoms with E-state index in [2.05, 4.69) is 0 Å². The fraction of sp³-hybridized carbons (Fsp3) is 0.0909. The first-order chi connectivity index (χ1) is 13.4. The third-order valence-electron chi connectivity index (χ3n) is 3.90. The highest BCUT2D eigenvalue weighted by Gasteiger charge is 2.18. The molecule has 0 unspecified atom stereocenters. The number of carbonyl (C=O) groups is 2. The van der Waals surface area contributed by atoms with Crippen LogP contribution in [0.5, 0.6) is 11.5 Å². The predicted molar refractivity (Wildman–Crippen MR) is 103 cm³/mol. The van der Waals surface area contributed by atoms with Crippen molar-refractivity contribution in [2.24, 2.45) is 0 Å². The molecule has 3 aromatic carbocycles. The molecule has 1 atom stereocenters. The van der Waals surface area contributed by atoms with Gasteiger partial charge in [0.2, 0.25) is 0 Å². The molecular weight excluding hydrogens is 383 g/mol. The molecule has 0 saturated heterocycles. The Balaban J connectivity index is 1.61. The number of hydrogen-bond acceptors (Lipinski definition) is 4. The minimum Gasteiger partial charge on any atom is -0.479 e. The molecule has 4 nitrogen and oxygen atoms in total. The normalized spacial score (nSPS) is 11.5. The first-order valence-electron chi connectivity index (χ1n) is 8.46. The number of halogens is 2. The number of rotatable bonds is 6. The van der Waals surface area contributed by atoms with Gasteiger partial charge < -0.3 is 9.47 Å². The van der Waals surface area contributed by atoms with Crippen LogP contribution in [0.3, 0.4) is 0 Å². The standard InChI is InChI=1S/C22H16ClFO4/c1-14(27-19-12-6-17(23)7-13-19)22(26)28-20-10-4-16(5-11-20)21(25)15-2-8-18(24)9-3-15/h2-14H,1H3/t14-/m0/s1. The zero-order chi connectivity index (χ0) is 20.1. The van der Waals surface area contributed by atoms with Gasteiger partial charge in [-0.3, -0.25) is 4.79 Å². The Hall–Kier alpha value is -3.18. The molecule has 0 saturated carbocycles. The van der Waals surface area contributed by atoms with Crippen molar-refractivity contribution in [3.63, 3.8) is 0 Å². The van der Waals surface area contributed by atoms with Crippen LogP contribution in [0.1, 0.15) is 22.8 Å². The summed E-state index contributed by atoms with van der Waals surface area (Å²) in [6.45, 7) is 1.57. The Kier molecular flexibility index (Phi) is 6.06. The Bertz CT molecular complexity index is 967. The minimum atomic E-state index is -0.832. The number of esters is 1. The van der Waals surface area contributed by atoms with Crippen LogP contribution in [0.25, 0.3) is 0 Å². The fourth-order valence-electron chi connectivity index (χ4n) is 2.41. The van der Waals surface area contributed by atoms with Crippen LogP contribution in [0.4, 0.5) is 4.39 Å². The SMILES string of the molecule is C[C@H](Oc1ccc(Cl)cc1)C(=O)Oc1ccc(C(=O)c2ccc(F)cc2)cc1. The maximum atomic E-state index is 13.0. The van der Waals surface area contributed by atoms with E-state index in [1.807, 2.05) is 0 Å². The van der Waals surface area contributed by atoms with Gasteiger partial charge in [-0.2, -0.15) is 0 Å². The summed E-state index contributed by atoms with van der Waals surface area (Å²) in [4.78, 5) is 24.5. The lowest BCUT2D eigenvalue weighted by Gasteiger charge is -2.14. The third-order valence-corrected chi connectivity index (χ3v) is 4.15. The molecule has 0 heterocycles. The molecule has 3 aromatic rings. The van der Waals surface area contributed by atoms with Crippen molar-refractivity contribution in [1.82, 2.24) is 0 Å². The largest absolute Gasteiger partial charge is 0.479 e. The summed E-state index contributed by atoms with van der Waals surface area (Å²) >= 11 is 5.81. The second-order valence-electron chi connectivity index (χ2n) is 6.00. The van der Waals surface area contributed by atoms with Gasteiger partial charge in [0.25, 0.3) is 0 Å². The number of carbonyl (C=O) groups excluding carboxylic acids is 2. The van der Waals surface area contributed by atoms with Crippen molar-refractivity contribution >= 4 is 23.4 Å². The van der Waals surface area contributed by atoms with Gasteiger partial charge in [0.15, 0.2) is 11.9 Å². The second kappa shape index (κ2) is 8.67. The van der Waals surface area contributed by atoms with Crippen molar-refractivity contribution in [2.75, 3.05) is 0 Å². The average molecular weight is 399 g/mol. The molecule has 28 heavy (non-hydrogen) atoms. The second-order valence-corrected chi connectivity index (χ2v) is 6.43. The van der Waals surface area contributed by atoms with E-state index in [9.17, 15) is 14.0 Å². The molecule has 0 bridgehead atoms. The van der Waals surface area contributed by atoms with Crippen LogP contribution in [0.2, 0.25) is 5.02 Å². The van der Waals surface area contributed by atoms with Crippen LogP contribution < -0.4 is 9.47 Å². The lowest BCUT2D eigenvalue weighted by Crippen LogP contribution is -2.28. The lowest BCUT2D eigenvalue weighted by atomic mass is 10.0. The number of ether oxygens (including phenoxy) is 2. The summed E-state index contributed by atoms with van der Waals surface area (Å²) in [5, 5.41) is 0.567. The molecule has 0 radical (unpaired) electrons. The summed E-state index contributed by atoms with van der Waals surface area (Å²) in [5.41, 5.74) is 0.771. The van der Waals surface area contributed by atoms with Gasteiger partial charge in [-0.25, -0.2) is 9.18 Å². The van der Waals surface area contributed by atoms with Crippen molar-refractivity contribution in [2.45, 2.75) is 13.0 Å². The first-order valence-corrected chi connectivity index (χ1v) is 8.84. The van der Waals surface area contributed by atoms with Crippen LogP contribution in [0.15, 0.2) is 72.8 Å². The molecule has 0 amide bonds. The van der Waals surface area contributed by atoms with E-state index in [1.165, 1.54) is 36.4 Å². The Labute approximate surface area is 166 Å². The van der Waals surface area contributed by atoms with Gasteiger partial charge in [-0.15, -0.1) is 0 Å². The highest BCUT2D eigenvalue weighted by Crippen LogP contribution is 2.19. The summed E-state index contributed by atoms with van der Waals surface area (Å²) in [6.07, 6.45) is -0.832. The summed E-state index contributed by atoms with van der Waals surface area (Å²) < 4.78 is 23.8. The van der Waals surface area contributed by atoms with E-state index < -0.39 is 17.9 Å². The molecule has 142 valence electrons. The topological polar surface area (TPSA) is 52.6 Å². The van der Waals surface area contributed by atoms with E-state index in [-0.39, 0.29) is 11.5 Å². The molecule has 0 N–H and O–H groups in total. The molecule has 0 spiro atoms. The van der Waals surface area contributed by atoms with Gasteiger partial charge in [0.05, 0.1) is 0 Å². The number of ketones is 1. The molecule has 0 fully saturated rings. The zero-order valence-electron chi connectivity index (χ0n) is 14.9. The Morgan fingerprint density at radius 1 is 0.821 bits per heavy atom. The summed E-state index contributed by atoms with van der Waals surface area (Å²) in [7, 11) is 0. The van der Waals surface area contributed by atoms with Gasteiger partial charge in [-0.1, -0.05) is 11.6 Å². The summed E-state index contributed by atoms with van der Waals surface area (Å²) in [5.74, 6) is -0.458. The van der Waals surface area contributed by atoms with Gasteiger partial charge in [0.1, 0.15) is 17.3 Å². The average Bonchev–Trinajstić information content (AvgIpc) is 2.70. The Morgan fingerprint density at radius 3 is 1.89 bits per heavy atom. The number of benzene rings is 3.